The number of esters is 1. The van der Waals surface area contributed by atoms with Crippen LogP contribution in [0.4, 0.5) is 4.39 Å². The molecule has 1 aliphatic heterocycles. The number of Topliss-reactive ketones (excluding diaryl/α,β-unsaturated/α-hetero) is 1. The highest BCUT2D eigenvalue weighted by Crippen LogP contribution is 2.21. The minimum Gasteiger partial charge on any atom is -0.457 e. The number of carbonyl (C=O) groups is 2. The lowest BCUT2D eigenvalue weighted by atomic mass is 10.1. The molecule has 0 atom stereocenters. The van der Waals surface area contributed by atoms with Gasteiger partial charge in [-0.15, -0.1) is 0 Å². The Morgan fingerprint density at radius 3 is 2.36 bits per heavy atom. The average Bonchev–Trinajstić information content (AvgIpc) is 3.22. The third-order valence-electron chi connectivity index (χ3n) is 4.48. The van der Waals surface area contributed by atoms with E-state index in [2.05, 4.69) is 0 Å². The van der Waals surface area contributed by atoms with Crippen molar-refractivity contribution in [1.82, 2.24) is 4.31 Å². The number of ether oxygens (including phenoxy) is 1. The fraction of sp³-hybridized carbons (Fsp3) is 0.300. The first kappa shape index (κ1) is 20.2. The number of hydrogen-bond acceptors (Lipinski definition) is 5. The van der Waals surface area contributed by atoms with Gasteiger partial charge in [-0.25, -0.2) is 12.8 Å². The number of nitrogens with zero attached hydrogens (tertiary/aromatic N) is 1. The Labute approximate surface area is 163 Å². The highest BCUT2D eigenvalue weighted by atomic mass is 32.2. The second-order valence-electron chi connectivity index (χ2n) is 6.53. The zero-order valence-corrected chi connectivity index (χ0v) is 16.0. The van der Waals surface area contributed by atoms with Gasteiger partial charge in [-0.2, -0.15) is 4.31 Å². The summed E-state index contributed by atoms with van der Waals surface area (Å²) < 4.78 is 44.4. The van der Waals surface area contributed by atoms with Crippen molar-refractivity contribution < 1.29 is 27.1 Å². The Morgan fingerprint density at radius 2 is 1.71 bits per heavy atom. The summed E-state index contributed by atoms with van der Waals surface area (Å²) in [5, 5.41) is 0. The van der Waals surface area contributed by atoms with Gasteiger partial charge in [0.05, 0.1) is 11.3 Å². The van der Waals surface area contributed by atoms with E-state index in [4.69, 9.17) is 4.74 Å². The van der Waals surface area contributed by atoms with Gasteiger partial charge >= 0.3 is 5.97 Å². The molecule has 0 aromatic heterocycles. The molecule has 0 spiro atoms. The molecule has 0 amide bonds. The Kier molecular flexibility index (Phi) is 6.21. The van der Waals surface area contributed by atoms with E-state index >= 15 is 0 Å². The number of ketones is 1. The largest absolute Gasteiger partial charge is 0.457 e. The van der Waals surface area contributed by atoms with Gasteiger partial charge in [0.2, 0.25) is 10.0 Å². The maximum Gasteiger partial charge on any atom is 0.310 e. The van der Waals surface area contributed by atoms with Crippen LogP contribution in [0, 0.1) is 5.82 Å². The Balaban J connectivity index is 1.56. The van der Waals surface area contributed by atoms with Gasteiger partial charge in [0.25, 0.3) is 0 Å². The summed E-state index contributed by atoms with van der Waals surface area (Å²) >= 11 is 0. The van der Waals surface area contributed by atoms with Gasteiger partial charge in [-0.05, 0) is 54.8 Å². The maximum absolute atomic E-state index is 13.1. The quantitative estimate of drug-likeness (QED) is 0.522. The van der Waals surface area contributed by atoms with E-state index in [0.717, 1.165) is 12.8 Å². The third-order valence-corrected chi connectivity index (χ3v) is 6.39. The molecule has 28 heavy (non-hydrogen) atoms. The number of carbonyl (C=O) groups excluding carboxylic acids is 2. The summed E-state index contributed by atoms with van der Waals surface area (Å²) in [4.78, 5) is 24.1. The molecule has 1 saturated heterocycles. The van der Waals surface area contributed by atoms with Crippen molar-refractivity contribution in [3.63, 3.8) is 0 Å². The zero-order chi connectivity index (χ0) is 20.1. The highest BCUT2D eigenvalue weighted by Gasteiger charge is 2.27. The maximum atomic E-state index is 13.1. The van der Waals surface area contributed by atoms with Crippen LogP contribution < -0.4 is 0 Å². The van der Waals surface area contributed by atoms with Crippen LogP contribution in [-0.4, -0.2) is 44.2 Å². The topological polar surface area (TPSA) is 80.8 Å². The molecule has 0 N–H and O–H groups in total. The van der Waals surface area contributed by atoms with Crippen molar-refractivity contribution in [2.24, 2.45) is 0 Å². The first-order valence-corrected chi connectivity index (χ1v) is 10.3. The fourth-order valence-corrected chi connectivity index (χ4v) is 4.50. The number of hydrogen-bond donors (Lipinski definition) is 0. The van der Waals surface area contributed by atoms with E-state index < -0.39 is 34.2 Å². The van der Waals surface area contributed by atoms with E-state index in [9.17, 15) is 22.4 Å². The monoisotopic (exact) mass is 405 g/mol. The molecule has 8 heteroatoms. The van der Waals surface area contributed by atoms with Crippen LogP contribution in [0.5, 0.6) is 0 Å². The van der Waals surface area contributed by atoms with E-state index in [1.807, 2.05) is 0 Å². The van der Waals surface area contributed by atoms with E-state index in [1.165, 1.54) is 46.8 Å². The van der Waals surface area contributed by atoms with Crippen LogP contribution in [0.3, 0.4) is 0 Å². The smallest absolute Gasteiger partial charge is 0.310 e. The van der Waals surface area contributed by atoms with Gasteiger partial charge in [-0.3, -0.25) is 9.59 Å². The summed E-state index contributed by atoms with van der Waals surface area (Å²) in [7, 11) is -3.54. The van der Waals surface area contributed by atoms with Crippen molar-refractivity contribution in [3.05, 3.63) is 65.5 Å². The normalized spacial score (nSPS) is 14.8. The van der Waals surface area contributed by atoms with Crippen molar-refractivity contribution in [2.45, 2.75) is 24.2 Å². The van der Waals surface area contributed by atoms with Crippen LogP contribution in [0.25, 0.3) is 0 Å². The molecule has 0 aliphatic carbocycles. The zero-order valence-electron chi connectivity index (χ0n) is 15.1. The third kappa shape index (κ3) is 4.82. The van der Waals surface area contributed by atoms with Crippen molar-refractivity contribution in [1.29, 1.82) is 0 Å². The minimum absolute atomic E-state index is 0.133. The molecule has 3 rings (SSSR count). The minimum atomic E-state index is -3.54. The van der Waals surface area contributed by atoms with Gasteiger partial charge < -0.3 is 4.74 Å². The molecule has 6 nitrogen and oxygen atoms in total. The molecule has 0 radical (unpaired) electrons. The molecule has 2 aromatic rings. The number of sulfonamides is 1. The average molecular weight is 405 g/mol. The summed E-state index contributed by atoms with van der Waals surface area (Å²) in [6.07, 6.45) is 1.55. The van der Waals surface area contributed by atoms with E-state index in [1.54, 1.807) is 6.07 Å². The summed E-state index contributed by atoms with van der Waals surface area (Å²) in [5.41, 5.74) is 0.702. The molecular formula is C20H20FNO5S. The summed E-state index contributed by atoms with van der Waals surface area (Å²) in [6, 6.07) is 11.2. The molecule has 1 fully saturated rings. The second kappa shape index (κ2) is 8.62. The summed E-state index contributed by atoms with van der Waals surface area (Å²) in [6.45, 7) is 0.543. The van der Waals surface area contributed by atoms with Crippen molar-refractivity contribution in [3.8, 4) is 0 Å². The molecule has 148 valence electrons. The van der Waals surface area contributed by atoms with Gasteiger partial charge in [0.1, 0.15) is 5.82 Å². The van der Waals surface area contributed by atoms with Crippen molar-refractivity contribution >= 4 is 21.8 Å². The molecule has 2 aromatic carbocycles. The Bertz CT molecular complexity index is 966. The number of halogens is 1. The SMILES string of the molecule is O=C(Cc1cccc(F)c1)OCC(=O)c1ccc(S(=O)(=O)N2CCCC2)cc1. The van der Waals surface area contributed by atoms with Crippen LogP contribution in [0.15, 0.2) is 53.4 Å². The lowest BCUT2D eigenvalue weighted by Crippen LogP contribution is -2.27. The molecular weight excluding hydrogens is 385 g/mol. The van der Waals surface area contributed by atoms with Crippen LogP contribution in [0.1, 0.15) is 28.8 Å². The standard InChI is InChI=1S/C20H20FNO5S/c21-17-5-3-4-15(12-17)13-20(24)27-14-19(23)16-6-8-18(9-7-16)28(25,26)22-10-1-2-11-22/h3-9,12H,1-2,10-11,13-14H2. The summed E-state index contributed by atoms with van der Waals surface area (Å²) in [5.74, 6) is -1.55. The van der Waals surface area contributed by atoms with Crippen LogP contribution in [0.2, 0.25) is 0 Å². The first-order chi connectivity index (χ1) is 13.4. The Hall–Kier alpha value is -2.58. The van der Waals surface area contributed by atoms with Gasteiger partial charge in [-0.1, -0.05) is 12.1 Å². The second-order valence-corrected chi connectivity index (χ2v) is 8.46. The van der Waals surface area contributed by atoms with Gasteiger partial charge in [0, 0.05) is 18.7 Å². The Morgan fingerprint density at radius 1 is 1.04 bits per heavy atom. The number of rotatable bonds is 7. The fourth-order valence-electron chi connectivity index (χ4n) is 2.98. The molecule has 1 heterocycles. The lowest BCUT2D eigenvalue weighted by Gasteiger charge is -2.15. The molecule has 1 aliphatic rings. The lowest BCUT2D eigenvalue weighted by molar-refractivity contribution is -0.141. The van der Waals surface area contributed by atoms with E-state index in [0.29, 0.717) is 18.7 Å². The highest BCUT2D eigenvalue weighted by molar-refractivity contribution is 7.89. The van der Waals surface area contributed by atoms with Crippen LogP contribution in [-0.2, 0) is 26.0 Å². The number of benzene rings is 2. The molecule has 0 saturated carbocycles. The predicted molar refractivity (Wildman–Crippen MR) is 99.8 cm³/mol. The van der Waals surface area contributed by atoms with Gasteiger partial charge in [0.15, 0.2) is 12.4 Å². The predicted octanol–water partition coefficient (Wildman–Crippen LogP) is 2.58. The first-order valence-electron chi connectivity index (χ1n) is 8.90. The van der Waals surface area contributed by atoms with Crippen LogP contribution >= 0.6 is 0 Å². The van der Waals surface area contributed by atoms with E-state index in [-0.39, 0.29) is 16.9 Å². The molecule has 0 unspecified atom stereocenters. The van der Waals surface area contributed by atoms with Crippen molar-refractivity contribution in [2.75, 3.05) is 19.7 Å². The molecule has 0 bridgehead atoms.